The second kappa shape index (κ2) is 9.64. The summed E-state index contributed by atoms with van der Waals surface area (Å²) < 4.78 is 1.91. The molecular formula is C24H30N4O2S. The number of rotatable bonds is 6. The predicted octanol–water partition coefficient (Wildman–Crippen LogP) is 2.28. The van der Waals surface area contributed by atoms with Crippen molar-refractivity contribution < 1.29 is 4.79 Å². The summed E-state index contributed by atoms with van der Waals surface area (Å²) >= 11 is 5.59. The first-order chi connectivity index (χ1) is 15.0. The molecule has 164 valence electrons. The third-order valence-corrected chi connectivity index (χ3v) is 6.69. The molecule has 2 aliphatic heterocycles. The smallest absolute Gasteiger partial charge is 0.250 e. The van der Waals surface area contributed by atoms with E-state index in [0.717, 1.165) is 44.6 Å². The largest absolute Gasteiger partial charge is 0.354 e. The van der Waals surface area contributed by atoms with Crippen LogP contribution in [-0.4, -0.2) is 46.2 Å². The fraction of sp³-hybridized carbons (Fsp3) is 0.458. The number of fused-ring (bicyclic) bond motifs is 4. The van der Waals surface area contributed by atoms with Crippen LogP contribution in [0, 0.1) is 5.92 Å². The summed E-state index contributed by atoms with van der Waals surface area (Å²) in [6, 6.07) is 15.9. The zero-order chi connectivity index (χ0) is 21.8. The van der Waals surface area contributed by atoms with E-state index in [4.69, 9.17) is 12.2 Å². The first kappa shape index (κ1) is 21.6. The number of nitrogens with one attached hydrogen (secondary N) is 2. The van der Waals surface area contributed by atoms with Crippen LogP contribution in [0.4, 0.5) is 0 Å². The quantitative estimate of drug-likeness (QED) is 0.678. The van der Waals surface area contributed by atoms with Crippen LogP contribution in [0.25, 0.3) is 0 Å². The first-order valence-electron chi connectivity index (χ1n) is 11.1. The van der Waals surface area contributed by atoms with E-state index < -0.39 is 0 Å². The monoisotopic (exact) mass is 438 g/mol. The Morgan fingerprint density at radius 3 is 2.74 bits per heavy atom. The second-order valence-electron chi connectivity index (χ2n) is 8.75. The van der Waals surface area contributed by atoms with Gasteiger partial charge in [-0.1, -0.05) is 36.4 Å². The summed E-state index contributed by atoms with van der Waals surface area (Å²) in [5, 5.41) is 6.80. The number of pyridine rings is 1. The van der Waals surface area contributed by atoms with Gasteiger partial charge in [0.2, 0.25) is 5.91 Å². The van der Waals surface area contributed by atoms with Crippen molar-refractivity contribution in [1.82, 2.24) is 20.1 Å². The van der Waals surface area contributed by atoms with Gasteiger partial charge in [0, 0.05) is 43.4 Å². The molecule has 0 aliphatic carbocycles. The number of hydrogen-bond donors (Lipinski definition) is 2. The Balaban J connectivity index is 1.24. The van der Waals surface area contributed by atoms with Crippen molar-refractivity contribution in [3.05, 3.63) is 70.1 Å². The number of amides is 1. The number of nitrogens with zero attached hydrogens (tertiary/aromatic N) is 2. The highest BCUT2D eigenvalue weighted by molar-refractivity contribution is 7.80. The van der Waals surface area contributed by atoms with Crippen LogP contribution in [0.5, 0.6) is 0 Å². The molecule has 4 rings (SSSR count). The van der Waals surface area contributed by atoms with Crippen molar-refractivity contribution in [2.75, 3.05) is 19.6 Å². The van der Waals surface area contributed by atoms with Gasteiger partial charge in [0.05, 0.1) is 6.54 Å². The van der Waals surface area contributed by atoms with Gasteiger partial charge >= 0.3 is 0 Å². The number of aryl methyl sites for hydroxylation is 1. The normalized spacial score (nSPS) is 20.5. The Morgan fingerprint density at radius 1 is 1.13 bits per heavy atom. The van der Waals surface area contributed by atoms with Crippen LogP contribution in [0.1, 0.15) is 36.9 Å². The van der Waals surface area contributed by atoms with Crippen molar-refractivity contribution in [2.45, 2.75) is 44.7 Å². The van der Waals surface area contributed by atoms with Crippen molar-refractivity contribution in [1.29, 1.82) is 0 Å². The average Bonchev–Trinajstić information content (AvgIpc) is 2.77. The highest BCUT2D eigenvalue weighted by Gasteiger charge is 2.35. The Hall–Kier alpha value is -2.67. The zero-order valence-corrected chi connectivity index (χ0v) is 18.7. The van der Waals surface area contributed by atoms with Crippen molar-refractivity contribution in [3.8, 4) is 0 Å². The van der Waals surface area contributed by atoms with Crippen LogP contribution in [-0.2, 0) is 17.8 Å². The number of aromatic nitrogens is 1. The van der Waals surface area contributed by atoms with Crippen LogP contribution in [0.3, 0.4) is 0 Å². The molecule has 0 saturated carbocycles. The number of thiocarbonyl (C=S) groups is 1. The lowest BCUT2D eigenvalue weighted by atomic mass is 9.83. The molecule has 2 aliphatic rings. The van der Waals surface area contributed by atoms with E-state index in [-0.39, 0.29) is 24.1 Å². The maximum atomic E-state index is 12.4. The van der Waals surface area contributed by atoms with Crippen molar-refractivity contribution in [3.63, 3.8) is 0 Å². The van der Waals surface area contributed by atoms with Gasteiger partial charge in [0.15, 0.2) is 5.11 Å². The van der Waals surface area contributed by atoms with Gasteiger partial charge in [-0.25, -0.2) is 0 Å². The van der Waals surface area contributed by atoms with Gasteiger partial charge in [0.25, 0.3) is 5.56 Å². The van der Waals surface area contributed by atoms with E-state index in [2.05, 4.69) is 27.7 Å². The Labute approximate surface area is 188 Å². The maximum Gasteiger partial charge on any atom is 0.250 e. The molecule has 2 bridgehead atoms. The number of likely N-dealkylation sites (tertiary alicyclic amines) is 1. The third-order valence-electron chi connectivity index (χ3n) is 6.28. The van der Waals surface area contributed by atoms with Crippen LogP contribution < -0.4 is 16.2 Å². The molecule has 31 heavy (non-hydrogen) atoms. The van der Waals surface area contributed by atoms with Gasteiger partial charge in [-0.2, -0.15) is 0 Å². The van der Waals surface area contributed by atoms with Gasteiger partial charge in [-0.15, -0.1) is 0 Å². The van der Waals surface area contributed by atoms with Crippen LogP contribution in [0.2, 0.25) is 0 Å². The highest BCUT2D eigenvalue weighted by atomic mass is 32.1. The summed E-state index contributed by atoms with van der Waals surface area (Å²) in [5.41, 5.74) is 2.46. The number of benzene rings is 1. The molecule has 0 spiro atoms. The second-order valence-corrected chi connectivity index (χ2v) is 9.14. The molecule has 0 unspecified atom stereocenters. The zero-order valence-electron chi connectivity index (χ0n) is 17.9. The standard InChI is InChI=1S/C24H30N4O2S/c1-17(10-11-18-6-3-2-4-7-18)26-22(29)13-25-24(31)27-14-19-12-20(16-27)21-8-5-9-23(30)28(21)15-19/h2-9,17,19-20H,10-16H2,1H3,(H,25,31)(H,26,29)/t17-,19-,20+/m1/s1. The minimum atomic E-state index is -0.0444. The topological polar surface area (TPSA) is 66.4 Å². The lowest BCUT2D eigenvalue weighted by molar-refractivity contribution is -0.120. The van der Waals surface area contributed by atoms with E-state index in [1.165, 1.54) is 5.56 Å². The Kier molecular flexibility index (Phi) is 6.70. The minimum Gasteiger partial charge on any atom is -0.354 e. The average molecular weight is 439 g/mol. The first-order valence-corrected chi connectivity index (χ1v) is 11.5. The van der Waals surface area contributed by atoms with Gasteiger partial charge < -0.3 is 20.1 Å². The number of piperidine rings is 1. The third kappa shape index (κ3) is 5.34. The minimum absolute atomic E-state index is 0.0444. The Morgan fingerprint density at radius 2 is 1.94 bits per heavy atom. The molecule has 1 aromatic heterocycles. The van der Waals surface area contributed by atoms with Crippen LogP contribution >= 0.6 is 12.2 Å². The molecule has 7 heteroatoms. The molecule has 1 amide bonds. The molecule has 1 aromatic carbocycles. The fourth-order valence-electron chi connectivity index (χ4n) is 4.76. The van der Waals surface area contributed by atoms with Gasteiger partial charge in [-0.05, 0) is 56.0 Å². The summed E-state index contributed by atoms with van der Waals surface area (Å²) in [6.45, 7) is 4.55. The van der Waals surface area contributed by atoms with Crippen LogP contribution in [0.15, 0.2) is 53.3 Å². The fourth-order valence-corrected chi connectivity index (χ4v) is 4.98. The van der Waals surface area contributed by atoms with Gasteiger partial charge in [0.1, 0.15) is 0 Å². The maximum absolute atomic E-state index is 12.4. The van der Waals surface area contributed by atoms with E-state index in [1.54, 1.807) is 6.07 Å². The van der Waals surface area contributed by atoms with Crippen molar-refractivity contribution >= 4 is 23.2 Å². The predicted molar refractivity (Wildman–Crippen MR) is 126 cm³/mol. The van der Waals surface area contributed by atoms with E-state index in [1.807, 2.05) is 41.8 Å². The van der Waals surface area contributed by atoms with Gasteiger partial charge in [-0.3, -0.25) is 9.59 Å². The van der Waals surface area contributed by atoms with E-state index in [0.29, 0.717) is 16.9 Å². The molecule has 6 nitrogen and oxygen atoms in total. The Bertz CT molecular complexity index is 991. The SMILES string of the molecule is C[C@H](CCc1ccccc1)NC(=O)CNC(=S)N1C[C@H]2C[C@@H](C1)c1cccc(=O)n1C2. The summed E-state index contributed by atoms with van der Waals surface area (Å²) in [4.78, 5) is 26.7. The molecule has 1 fully saturated rings. The lowest BCUT2D eigenvalue weighted by Gasteiger charge is -2.43. The number of carbonyl (C=O) groups excluding carboxylic acids is 1. The number of hydrogen-bond acceptors (Lipinski definition) is 3. The summed E-state index contributed by atoms with van der Waals surface area (Å²) in [6.07, 6.45) is 2.92. The van der Waals surface area contributed by atoms with E-state index in [9.17, 15) is 9.59 Å². The molecular weight excluding hydrogens is 408 g/mol. The summed E-state index contributed by atoms with van der Waals surface area (Å²) in [5.74, 6) is 0.655. The molecule has 3 atom stereocenters. The summed E-state index contributed by atoms with van der Waals surface area (Å²) in [7, 11) is 0. The molecule has 3 heterocycles. The molecule has 0 radical (unpaired) electrons. The molecule has 1 saturated heterocycles. The lowest BCUT2D eigenvalue weighted by Crippen LogP contribution is -2.53. The van der Waals surface area contributed by atoms with E-state index >= 15 is 0 Å². The highest BCUT2D eigenvalue weighted by Crippen LogP contribution is 2.34. The molecule has 2 N–H and O–H groups in total. The number of carbonyl (C=O) groups is 1. The molecule has 2 aromatic rings. The van der Waals surface area contributed by atoms with Crippen molar-refractivity contribution in [2.24, 2.45) is 5.92 Å².